The first kappa shape index (κ1) is 13.6. The van der Waals surface area contributed by atoms with Crippen LogP contribution in [0.5, 0.6) is 0 Å². The van der Waals surface area contributed by atoms with Gasteiger partial charge in [0.15, 0.2) is 0 Å². The molecule has 0 bridgehead atoms. The molecule has 0 atom stereocenters. The Kier molecular flexibility index (Phi) is 4.87. The minimum atomic E-state index is -0.644. The van der Waals surface area contributed by atoms with Crippen molar-refractivity contribution in [2.75, 3.05) is 7.05 Å². The highest BCUT2D eigenvalue weighted by Gasteiger charge is 2.05. The van der Waals surface area contributed by atoms with Crippen molar-refractivity contribution >= 4 is 63.8 Å². The van der Waals surface area contributed by atoms with Crippen LogP contribution in [-0.2, 0) is 0 Å². The molecule has 0 unspecified atom stereocenters. The van der Waals surface area contributed by atoms with Crippen molar-refractivity contribution in [1.82, 2.24) is 4.90 Å². The van der Waals surface area contributed by atoms with Gasteiger partial charge in [-0.2, -0.15) is 0 Å². The fourth-order valence-corrected chi connectivity index (χ4v) is 1.44. The molecule has 0 heterocycles. The smallest absolute Gasteiger partial charge is 0.292 e. The Morgan fingerprint density at radius 2 is 1.81 bits per heavy atom. The Balaban J connectivity index is 2.95. The lowest BCUT2D eigenvalue weighted by Crippen LogP contribution is -2.17. The van der Waals surface area contributed by atoms with Gasteiger partial charge in [0.2, 0.25) is 0 Å². The average Bonchev–Trinajstić information content (AvgIpc) is 2.22. The molecule has 16 heavy (non-hydrogen) atoms. The van der Waals surface area contributed by atoms with Crippen LogP contribution in [0.3, 0.4) is 0 Å². The van der Waals surface area contributed by atoms with Crippen molar-refractivity contribution in [3.8, 4) is 0 Å². The Labute approximate surface area is 113 Å². The van der Waals surface area contributed by atoms with Gasteiger partial charge in [0, 0.05) is 7.05 Å². The second-order valence-corrected chi connectivity index (χ2v) is 4.35. The third kappa shape index (κ3) is 3.52. The van der Waals surface area contributed by atoms with E-state index in [1.165, 1.54) is 25.5 Å². The number of nitrogens with zero attached hydrogens (tertiary/aromatic N) is 2. The normalized spacial score (nSPS) is 10.8. The van der Waals surface area contributed by atoms with Gasteiger partial charge < -0.3 is 0 Å². The van der Waals surface area contributed by atoms with Crippen molar-refractivity contribution in [2.45, 2.75) is 0 Å². The lowest BCUT2D eigenvalue weighted by Gasteiger charge is -2.05. The third-order valence-corrected chi connectivity index (χ3v) is 3.09. The molecule has 0 radical (unpaired) electrons. The Morgan fingerprint density at radius 3 is 2.25 bits per heavy atom. The second kappa shape index (κ2) is 5.73. The highest BCUT2D eigenvalue weighted by molar-refractivity contribution is 6.63. The maximum Gasteiger partial charge on any atom is 0.321 e. The van der Waals surface area contributed by atoms with E-state index in [9.17, 15) is 4.79 Å². The number of carbonyl (C=O) groups excluding carboxylic acids is 1. The molecule has 0 saturated heterocycles. The van der Waals surface area contributed by atoms with E-state index in [1.54, 1.807) is 0 Å². The highest BCUT2D eigenvalue weighted by atomic mass is 35.5. The molecule has 0 spiro atoms. The zero-order chi connectivity index (χ0) is 12.3. The minimum absolute atomic E-state index is 0.268. The summed E-state index contributed by atoms with van der Waals surface area (Å²) < 4.78 is 0. The molecule has 0 N–H and O–H groups in total. The molecule has 0 aromatic heterocycles. The van der Waals surface area contributed by atoms with Crippen molar-refractivity contribution in [3.05, 3.63) is 27.2 Å². The summed E-state index contributed by atoms with van der Waals surface area (Å²) in [5.41, 5.74) is 0.476. The van der Waals surface area contributed by atoms with Gasteiger partial charge in [-0.3, -0.25) is 9.69 Å². The maximum atomic E-state index is 10.7. The summed E-state index contributed by atoms with van der Waals surface area (Å²) in [6.07, 6.45) is 1.26. The van der Waals surface area contributed by atoms with Gasteiger partial charge in [-0.25, -0.2) is 4.99 Å². The lowest BCUT2D eigenvalue weighted by molar-refractivity contribution is 0.248. The number of aliphatic imine (C=N–C) groups is 1. The summed E-state index contributed by atoms with van der Waals surface area (Å²) in [5.74, 6) is 0. The third-order valence-electron chi connectivity index (χ3n) is 1.63. The topological polar surface area (TPSA) is 32.7 Å². The van der Waals surface area contributed by atoms with Gasteiger partial charge in [0.05, 0.1) is 27.1 Å². The quantitative estimate of drug-likeness (QED) is 0.258. The van der Waals surface area contributed by atoms with Crippen LogP contribution in [0.2, 0.25) is 15.1 Å². The first-order chi connectivity index (χ1) is 7.41. The molecule has 0 fully saturated rings. The summed E-state index contributed by atoms with van der Waals surface area (Å²) >= 11 is 22.6. The van der Waals surface area contributed by atoms with Crippen molar-refractivity contribution in [1.29, 1.82) is 0 Å². The second-order valence-electron chi connectivity index (χ2n) is 2.83. The zero-order valence-corrected chi connectivity index (χ0v) is 11.1. The Bertz CT molecular complexity index is 424. The fraction of sp³-hybridized carbons (Fsp3) is 0.111. The minimum Gasteiger partial charge on any atom is -0.292 e. The summed E-state index contributed by atoms with van der Waals surface area (Å²) in [6.45, 7) is 0. The van der Waals surface area contributed by atoms with Gasteiger partial charge in [-0.15, -0.1) is 0 Å². The van der Waals surface area contributed by atoms with E-state index in [0.29, 0.717) is 15.7 Å². The molecule has 1 aromatic rings. The van der Waals surface area contributed by atoms with Gasteiger partial charge in [0.25, 0.3) is 0 Å². The molecule has 0 aliphatic carbocycles. The molecule has 0 aliphatic heterocycles. The van der Waals surface area contributed by atoms with Crippen LogP contribution in [0, 0.1) is 0 Å². The van der Waals surface area contributed by atoms with Crippen LogP contribution >= 0.6 is 46.4 Å². The van der Waals surface area contributed by atoms with Crippen LogP contribution in [0.15, 0.2) is 17.1 Å². The Morgan fingerprint density at radius 1 is 1.31 bits per heavy atom. The van der Waals surface area contributed by atoms with Crippen LogP contribution in [0.1, 0.15) is 0 Å². The van der Waals surface area contributed by atoms with Crippen molar-refractivity contribution in [3.63, 3.8) is 0 Å². The average molecular weight is 300 g/mol. The molecule has 1 amide bonds. The van der Waals surface area contributed by atoms with Gasteiger partial charge in [-0.1, -0.05) is 34.8 Å². The number of rotatable bonds is 2. The summed E-state index contributed by atoms with van der Waals surface area (Å²) in [6, 6.07) is 3.05. The Hall–Kier alpha value is -0.480. The number of halogens is 4. The van der Waals surface area contributed by atoms with Crippen LogP contribution in [-0.4, -0.2) is 23.7 Å². The van der Waals surface area contributed by atoms with E-state index in [0.717, 1.165) is 4.90 Å². The lowest BCUT2D eigenvalue weighted by atomic mass is 10.3. The van der Waals surface area contributed by atoms with Gasteiger partial charge in [-0.05, 0) is 23.7 Å². The van der Waals surface area contributed by atoms with Crippen molar-refractivity contribution in [2.24, 2.45) is 4.99 Å². The molecular formula is C9H6Cl4N2O. The number of benzene rings is 1. The summed E-state index contributed by atoms with van der Waals surface area (Å²) in [4.78, 5) is 15.7. The van der Waals surface area contributed by atoms with Gasteiger partial charge >= 0.3 is 5.37 Å². The maximum absolute atomic E-state index is 10.7. The molecular weight excluding hydrogens is 294 g/mol. The predicted octanol–water partition coefficient (Wildman–Crippen LogP) is 4.60. The summed E-state index contributed by atoms with van der Waals surface area (Å²) in [5, 5.41) is 0.210. The van der Waals surface area contributed by atoms with E-state index in [2.05, 4.69) is 4.99 Å². The molecule has 1 rings (SSSR count). The first-order valence-electron chi connectivity index (χ1n) is 4.03. The zero-order valence-electron chi connectivity index (χ0n) is 8.05. The number of hydrogen-bond donors (Lipinski definition) is 0. The van der Waals surface area contributed by atoms with E-state index in [4.69, 9.17) is 46.4 Å². The SMILES string of the molecule is CN(C=Nc1cc(Cl)c(Cl)c(Cl)c1)C(=O)Cl. The number of carbonyl (C=O) groups is 1. The van der Waals surface area contributed by atoms with Gasteiger partial charge in [0.1, 0.15) is 0 Å². The summed E-state index contributed by atoms with van der Waals surface area (Å²) in [7, 11) is 1.47. The van der Waals surface area contributed by atoms with Crippen molar-refractivity contribution < 1.29 is 4.79 Å². The van der Waals surface area contributed by atoms with E-state index < -0.39 is 5.37 Å². The monoisotopic (exact) mass is 298 g/mol. The molecule has 1 aromatic carbocycles. The standard InChI is InChI=1S/C9H6Cl4N2O/c1-15(9(13)16)4-14-5-2-6(10)8(12)7(11)3-5/h2-4H,1H3. The first-order valence-corrected chi connectivity index (χ1v) is 5.54. The largest absolute Gasteiger partial charge is 0.321 e. The fourth-order valence-electron chi connectivity index (χ4n) is 0.815. The number of hydrogen-bond acceptors (Lipinski definition) is 2. The van der Waals surface area contributed by atoms with Crippen LogP contribution in [0.4, 0.5) is 10.5 Å². The highest BCUT2D eigenvalue weighted by Crippen LogP contribution is 2.34. The molecule has 7 heteroatoms. The molecule has 0 saturated carbocycles. The molecule has 0 aliphatic rings. The van der Waals surface area contributed by atoms with Crippen LogP contribution < -0.4 is 0 Å². The predicted molar refractivity (Wildman–Crippen MR) is 68.6 cm³/mol. The molecule has 3 nitrogen and oxygen atoms in total. The molecule has 86 valence electrons. The van der Waals surface area contributed by atoms with E-state index >= 15 is 0 Å². The van der Waals surface area contributed by atoms with E-state index in [1.807, 2.05) is 0 Å². The van der Waals surface area contributed by atoms with E-state index in [-0.39, 0.29) is 5.02 Å². The van der Waals surface area contributed by atoms with Crippen LogP contribution in [0.25, 0.3) is 0 Å². The number of amides is 1.